The summed E-state index contributed by atoms with van der Waals surface area (Å²) in [7, 11) is 1.62. The van der Waals surface area contributed by atoms with Gasteiger partial charge in [-0.3, -0.25) is 9.69 Å². The van der Waals surface area contributed by atoms with Gasteiger partial charge in [-0.2, -0.15) is 0 Å². The molecule has 1 fully saturated rings. The molecule has 0 spiro atoms. The van der Waals surface area contributed by atoms with E-state index >= 15 is 0 Å². The third kappa shape index (κ3) is 2.97. The van der Waals surface area contributed by atoms with Crippen molar-refractivity contribution in [2.75, 3.05) is 17.8 Å². The summed E-state index contributed by atoms with van der Waals surface area (Å²) in [4.78, 5) is 18.9. The van der Waals surface area contributed by atoms with Gasteiger partial charge in [0.25, 0.3) is 0 Å². The van der Waals surface area contributed by atoms with Crippen LogP contribution in [-0.4, -0.2) is 23.8 Å². The number of benzene rings is 2. The average molecular weight is 411 g/mol. The molecule has 0 bridgehead atoms. The summed E-state index contributed by atoms with van der Waals surface area (Å²) in [6.07, 6.45) is 0. The van der Waals surface area contributed by atoms with E-state index in [0.29, 0.717) is 20.9 Å². The summed E-state index contributed by atoms with van der Waals surface area (Å²) in [6, 6.07) is 11.0. The minimum absolute atomic E-state index is 0.00277. The number of amides is 1. The third-order valence-electron chi connectivity index (χ3n) is 3.90. The quantitative estimate of drug-likeness (QED) is 0.580. The van der Waals surface area contributed by atoms with E-state index in [9.17, 15) is 4.79 Å². The van der Waals surface area contributed by atoms with Crippen LogP contribution < -0.4 is 9.64 Å². The van der Waals surface area contributed by atoms with E-state index in [-0.39, 0.29) is 11.3 Å². The van der Waals surface area contributed by atoms with Crippen LogP contribution in [0.2, 0.25) is 10.0 Å². The van der Waals surface area contributed by atoms with Crippen molar-refractivity contribution in [1.29, 1.82) is 0 Å². The first-order valence-corrected chi connectivity index (χ1v) is 10.0. The topological polar surface area (TPSA) is 42.4 Å². The number of thiazole rings is 1. The molecule has 1 aliphatic rings. The Morgan fingerprint density at radius 3 is 2.72 bits per heavy atom. The highest BCUT2D eigenvalue weighted by atomic mass is 35.5. The number of aromatic nitrogens is 1. The molecule has 25 heavy (non-hydrogen) atoms. The zero-order valence-electron chi connectivity index (χ0n) is 13.0. The van der Waals surface area contributed by atoms with Gasteiger partial charge in [-0.25, -0.2) is 4.98 Å². The van der Waals surface area contributed by atoms with Crippen LogP contribution in [-0.2, 0) is 4.79 Å². The Bertz CT molecular complexity index is 956. The van der Waals surface area contributed by atoms with Crippen LogP contribution in [0.15, 0.2) is 36.4 Å². The van der Waals surface area contributed by atoms with Gasteiger partial charge >= 0.3 is 0 Å². The molecule has 1 aromatic heterocycles. The number of halogens is 2. The summed E-state index contributed by atoms with van der Waals surface area (Å²) in [5.41, 5.74) is 1.58. The molecule has 128 valence electrons. The minimum atomic E-state index is -0.281. The number of fused-ring (bicyclic) bond motifs is 1. The summed E-state index contributed by atoms with van der Waals surface area (Å²) in [5, 5.41) is 1.45. The van der Waals surface area contributed by atoms with Crippen molar-refractivity contribution in [3.63, 3.8) is 0 Å². The van der Waals surface area contributed by atoms with E-state index in [4.69, 9.17) is 27.9 Å². The van der Waals surface area contributed by atoms with Crippen molar-refractivity contribution in [3.8, 4) is 5.75 Å². The van der Waals surface area contributed by atoms with Gasteiger partial charge in [-0.15, -0.1) is 11.8 Å². The van der Waals surface area contributed by atoms with Gasteiger partial charge in [0.1, 0.15) is 11.1 Å². The van der Waals surface area contributed by atoms with Crippen molar-refractivity contribution in [2.45, 2.75) is 5.37 Å². The van der Waals surface area contributed by atoms with Crippen molar-refractivity contribution >= 4 is 67.6 Å². The molecule has 1 unspecified atom stereocenters. The van der Waals surface area contributed by atoms with Gasteiger partial charge in [0.2, 0.25) is 5.91 Å². The smallest absolute Gasteiger partial charge is 0.240 e. The molecule has 3 aromatic rings. The molecule has 1 aliphatic heterocycles. The number of carbonyl (C=O) groups excluding carboxylic acids is 1. The van der Waals surface area contributed by atoms with Crippen LogP contribution in [0, 0.1) is 0 Å². The number of hydrogen-bond donors (Lipinski definition) is 0. The zero-order valence-corrected chi connectivity index (χ0v) is 16.2. The van der Waals surface area contributed by atoms with Crippen LogP contribution in [0.3, 0.4) is 0 Å². The molecule has 1 amide bonds. The highest BCUT2D eigenvalue weighted by Gasteiger charge is 2.38. The fourth-order valence-corrected chi connectivity index (χ4v) is 5.78. The first-order valence-electron chi connectivity index (χ1n) is 7.40. The Labute approximate surface area is 162 Å². The number of hydrogen-bond acceptors (Lipinski definition) is 5. The van der Waals surface area contributed by atoms with Crippen LogP contribution >= 0.6 is 46.3 Å². The average Bonchev–Trinajstić information content (AvgIpc) is 3.17. The van der Waals surface area contributed by atoms with E-state index in [1.54, 1.807) is 30.2 Å². The molecule has 1 saturated heterocycles. The lowest BCUT2D eigenvalue weighted by atomic mass is 10.2. The normalized spacial score (nSPS) is 17.5. The molecule has 0 radical (unpaired) electrons. The predicted molar refractivity (Wildman–Crippen MR) is 105 cm³/mol. The second-order valence-electron chi connectivity index (χ2n) is 5.39. The summed E-state index contributed by atoms with van der Waals surface area (Å²) in [6.45, 7) is 0. The molecule has 4 rings (SSSR count). The first-order chi connectivity index (χ1) is 12.1. The van der Waals surface area contributed by atoms with Crippen LogP contribution in [0.4, 0.5) is 5.13 Å². The van der Waals surface area contributed by atoms with E-state index in [0.717, 1.165) is 21.5 Å². The lowest BCUT2D eigenvalue weighted by Gasteiger charge is -2.23. The lowest BCUT2D eigenvalue weighted by molar-refractivity contribution is -0.115. The fraction of sp³-hybridized carbons (Fsp3) is 0.176. The number of anilines is 1. The Balaban J connectivity index is 1.80. The predicted octanol–water partition coefficient (Wildman–Crippen LogP) is 5.39. The zero-order chi connectivity index (χ0) is 17.6. The number of ether oxygens (including phenoxy) is 1. The maximum Gasteiger partial charge on any atom is 0.240 e. The van der Waals surface area contributed by atoms with Gasteiger partial charge in [-0.1, -0.05) is 40.6 Å². The minimum Gasteiger partial charge on any atom is -0.497 e. The maximum absolute atomic E-state index is 12.5. The highest BCUT2D eigenvalue weighted by Crippen LogP contribution is 2.48. The van der Waals surface area contributed by atoms with E-state index in [2.05, 4.69) is 4.98 Å². The summed E-state index contributed by atoms with van der Waals surface area (Å²) < 4.78 is 6.22. The highest BCUT2D eigenvalue weighted by molar-refractivity contribution is 8.00. The Kier molecular flexibility index (Phi) is 4.54. The summed E-state index contributed by atoms with van der Waals surface area (Å²) in [5.74, 6) is 1.12. The molecule has 2 aromatic carbocycles. The van der Waals surface area contributed by atoms with Gasteiger partial charge in [0.05, 0.1) is 23.1 Å². The van der Waals surface area contributed by atoms with Gasteiger partial charge in [0, 0.05) is 15.6 Å². The standard InChI is InChI=1S/C17H12Cl2N2O2S2/c1-23-9-5-6-12-13(7-9)25-17(20-12)21-14(22)8-24-16(21)15-10(18)3-2-4-11(15)19/h2-7,16H,8H2,1H3. The van der Waals surface area contributed by atoms with Crippen LogP contribution in [0.5, 0.6) is 5.75 Å². The number of rotatable bonds is 3. The van der Waals surface area contributed by atoms with Crippen molar-refractivity contribution in [1.82, 2.24) is 4.98 Å². The first kappa shape index (κ1) is 17.0. The molecular weight excluding hydrogens is 399 g/mol. The number of thioether (sulfide) groups is 1. The molecule has 8 heteroatoms. The Hall–Kier alpha value is -1.47. The number of carbonyl (C=O) groups is 1. The number of nitrogens with zero attached hydrogens (tertiary/aromatic N) is 2. The molecule has 1 atom stereocenters. The third-order valence-corrected chi connectivity index (χ3v) is 6.76. The monoisotopic (exact) mass is 410 g/mol. The van der Waals surface area contributed by atoms with Crippen LogP contribution in [0.25, 0.3) is 10.2 Å². The van der Waals surface area contributed by atoms with Crippen LogP contribution in [0.1, 0.15) is 10.9 Å². The molecule has 4 nitrogen and oxygen atoms in total. The van der Waals surface area contributed by atoms with Crippen molar-refractivity contribution in [3.05, 3.63) is 52.0 Å². The summed E-state index contributed by atoms with van der Waals surface area (Å²) >= 11 is 15.7. The van der Waals surface area contributed by atoms with Gasteiger partial charge < -0.3 is 4.74 Å². The fourth-order valence-electron chi connectivity index (χ4n) is 2.71. The van der Waals surface area contributed by atoms with E-state index in [1.165, 1.54) is 23.1 Å². The van der Waals surface area contributed by atoms with Gasteiger partial charge in [0.15, 0.2) is 5.13 Å². The van der Waals surface area contributed by atoms with E-state index in [1.807, 2.05) is 18.2 Å². The SMILES string of the molecule is COc1ccc2nc(N3C(=O)CSC3c3c(Cl)cccc3Cl)sc2c1. The molecule has 0 aliphatic carbocycles. The van der Waals surface area contributed by atoms with Gasteiger partial charge in [-0.05, 0) is 30.3 Å². The van der Waals surface area contributed by atoms with E-state index < -0.39 is 0 Å². The molecule has 0 saturated carbocycles. The Morgan fingerprint density at radius 2 is 2.00 bits per heavy atom. The lowest BCUT2D eigenvalue weighted by Crippen LogP contribution is -2.28. The Morgan fingerprint density at radius 1 is 1.24 bits per heavy atom. The second-order valence-corrected chi connectivity index (χ2v) is 8.28. The molecular formula is C17H12Cl2N2O2S2. The van der Waals surface area contributed by atoms with Crippen molar-refractivity contribution < 1.29 is 9.53 Å². The van der Waals surface area contributed by atoms with Crippen molar-refractivity contribution in [2.24, 2.45) is 0 Å². The number of methoxy groups -OCH3 is 1. The maximum atomic E-state index is 12.5. The second kappa shape index (κ2) is 6.68. The molecule has 2 heterocycles. The largest absolute Gasteiger partial charge is 0.497 e. The molecule has 0 N–H and O–H groups in total.